The van der Waals surface area contributed by atoms with Gasteiger partial charge < -0.3 is 5.32 Å². The molecule has 1 N–H and O–H groups in total. The van der Waals surface area contributed by atoms with Crippen LogP contribution in [0.25, 0.3) is 0 Å². The fourth-order valence-electron chi connectivity index (χ4n) is 4.24. The summed E-state index contributed by atoms with van der Waals surface area (Å²) in [5, 5.41) is 3.36. The molecule has 0 spiro atoms. The van der Waals surface area contributed by atoms with Crippen LogP contribution in [-0.2, 0) is 14.8 Å². The van der Waals surface area contributed by atoms with E-state index in [1.165, 1.54) is 22.0 Å². The summed E-state index contributed by atoms with van der Waals surface area (Å²) in [6, 6.07) is 15.7. The first-order valence-corrected chi connectivity index (χ1v) is 12.7. The van der Waals surface area contributed by atoms with Gasteiger partial charge in [-0.25, -0.2) is 8.42 Å². The van der Waals surface area contributed by atoms with Crippen LogP contribution in [0.1, 0.15) is 51.0 Å². The molecule has 31 heavy (non-hydrogen) atoms. The molecule has 1 fully saturated rings. The maximum Gasteiger partial charge on any atom is 0.243 e. The summed E-state index contributed by atoms with van der Waals surface area (Å²) >= 11 is 5.96. The molecule has 1 heterocycles. The lowest BCUT2D eigenvalue weighted by molar-refractivity contribution is -0.124. The third-order valence-corrected chi connectivity index (χ3v) is 8.03. The predicted molar refractivity (Wildman–Crippen MR) is 125 cm³/mol. The molecule has 1 saturated heterocycles. The zero-order valence-electron chi connectivity index (χ0n) is 18.1. The van der Waals surface area contributed by atoms with Crippen LogP contribution in [0.3, 0.4) is 0 Å². The molecule has 3 rings (SSSR count). The molecule has 3 atom stereocenters. The number of sulfonamides is 1. The number of nitrogens with zero attached hydrogens (tertiary/aromatic N) is 1. The number of carbonyl (C=O) groups is 1. The SMILES string of the molecule is CC(CC(C)c1ccccc1)CN(C1CCCCNC1=O)S(=O)(=O)c1ccc(Cl)cc1. The number of nitrogens with one attached hydrogen (secondary N) is 1. The van der Waals surface area contributed by atoms with Crippen molar-refractivity contribution in [2.24, 2.45) is 5.92 Å². The normalized spacial score (nSPS) is 19.5. The van der Waals surface area contributed by atoms with Crippen molar-refractivity contribution < 1.29 is 13.2 Å². The minimum Gasteiger partial charge on any atom is -0.355 e. The zero-order valence-corrected chi connectivity index (χ0v) is 19.7. The quantitative estimate of drug-likeness (QED) is 0.611. The van der Waals surface area contributed by atoms with Crippen LogP contribution >= 0.6 is 11.6 Å². The fraction of sp³-hybridized carbons (Fsp3) is 0.458. The van der Waals surface area contributed by atoms with E-state index in [2.05, 4.69) is 31.3 Å². The summed E-state index contributed by atoms with van der Waals surface area (Å²) in [6.45, 7) is 5.09. The molecule has 0 saturated carbocycles. The Kier molecular flexibility index (Phi) is 8.14. The topological polar surface area (TPSA) is 66.5 Å². The average Bonchev–Trinajstić information content (AvgIpc) is 2.97. The Morgan fingerprint density at radius 2 is 1.74 bits per heavy atom. The van der Waals surface area contributed by atoms with E-state index in [9.17, 15) is 13.2 Å². The number of benzene rings is 2. The Bertz CT molecular complexity index is 964. The number of amides is 1. The lowest BCUT2D eigenvalue weighted by Gasteiger charge is -2.32. The Morgan fingerprint density at radius 1 is 1.06 bits per heavy atom. The van der Waals surface area contributed by atoms with Gasteiger partial charge in [0.2, 0.25) is 15.9 Å². The highest BCUT2D eigenvalue weighted by Crippen LogP contribution is 2.28. The molecule has 168 valence electrons. The third-order valence-electron chi connectivity index (χ3n) is 5.89. The molecule has 0 aliphatic carbocycles. The van der Waals surface area contributed by atoms with Gasteiger partial charge in [0, 0.05) is 18.1 Å². The average molecular weight is 463 g/mol. The number of carbonyl (C=O) groups excluding carboxylic acids is 1. The second-order valence-electron chi connectivity index (χ2n) is 8.48. The van der Waals surface area contributed by atoms with Crippen LogP contribution in [0.4, 0.5) is 0 Å². The molecule has 0 aromatic heterocycles. The van der Waals surface area contributed by atoms with Gasteiger partial charge in [0.1, 0.15) is 6.04 Å². The summed E-state index contributed by atoms with van der Waals surface area (Å²) in [5.41, 5.74) is 1.23. The van der Waals surface area contributed by atoms with Crippen molar-refractivity contribution in [3.05, 3.63) is 65.2 Å². The highest BCUT2D eigenvalue weighted by molar-refractivity contribution is 7.89. The molecule has 2 aromatic rings. The molecular weight excluding hydrogens is 432 g/mol. The van der Waals surface area contributed by atoms with Gasteiger partial charge in [-0.2, -0.15) is 4.31 Å². The van der Waals surface area contributed by atoms with E-state index in [1.54, 1.807) is 12.1 Å². The maximum absolute atomic E-state index is 13.6. The van der Waals surface area contributed by atoms with E-state index < -0.39 is 16.1 Å². The smallest absolute Gasteiger partial charge is 0.243 e. The Balaban J connectivity index is 1.86. The fourth-order valence-corrected chi connectivity index (χ4v) is 6.10. The van der Waals surface area contributed by atoms with E-state index in [4.69, 9.17) is 11.6 Å². The van der Waals surface area contributed by atoms with E-state index in [1.807, 2.05) is 18.2 Å². The standard InChI is InChI=1S/C24H31ClN2O3S/c1-18(16-19(2)20-8-4-3-5-9-20)17-27(23-10-6-7-15-26-24(23)28)31(29,30)22-13-11-21(25)12-14-22/h3-5,8-9,11-14,18-19,23H,6-7,10,15-17H2,1-2H3,(H,26,28). The van der Waals surface area contributed by atoms with Gasteiger partial charge >= 0.3 is 0 Å². The Morgan fingerprint density at radius 3 is 2.42 bits per heavy atom. The second kappa shape index (κ2) is 10.6. The Hall–Kier alpha value is -1.89. The summed E-state index contributed by atoms with van der Waals surface area (Å²) in [4.78, 5) is 12.9. The molecule has 7 heteroatoms. The summed E-state index contributed by atoms with van der Waals surface area (Å²) in [5.74, 6) is 0.158. The number of halogens is 1. The lowest BCUT2D eigenvalue weighted by Crippen LogP contribution is -2.50. The lowest BCUT2D eigenvalue weighted by atomic mass is 9.91. The van der Waals surface area contributed by atoms with Crippen molar-refractivity contribution in [2.75, 3.05) is 13.1 Å². The van der Waals surface area contributed by atoms with Crippen molar-refractivity contribution in [1.82, 2.24) is 9.62 Å². The molecule has 2 aromatic carbocycles. The van der Waals surface area contributed by atoms with Crippen molar-refractivity contribution in [2.45, 2.75) is 56.4 Å². The summed E-state index contributed by atoms with van der Waals surface area (Å²) in [6.07, 6.45) is 3.02. The predicted octanol–water partition coefficient (Wildman–Crippen LogP) is 4.83. The van der Waals surface area contributed by atoms with Crippen molar-refractivity contribution in [3.8, 4) is 0 Å². The van der Waals surface area contributed by atoms with Crippen LogP contribution in [0.15, 0.2) is 59.5 Å². The van der Waals surface area contributed by atoms with Gasteiger partial charge in [0.15, 0.2) is 0 Å². The van der Waals surface area contributed by atoms with Gasteiger partial charge in [-0.15, -0.1) is 0 Å². The minimum atomic E-state index is -3.85. The molecule has 1 amide bonds. The van der Waals surface area contributed by atoms with E-state index in [0.717, 1.165) is 19.3 Å². The summed E-state index contributed by atoms with van der Waals surface area (Å²) < 4.78 is 28.6. The summed E-state index contributed by atoms with van der Waals surface area (Å²) in [7, 11) is -3.85. The molecule has 3 unspecified atom stereocenters. The number of hydrogen-bond acceptors (Lipinski definition) is 3. The van der Waals surface area contributed by atoms with Crippen LogP contribution in [0.5, 0.6) is 0 Å². The molecule has 5 nitrogen and oxygen atoms in total. The highest BCUT2D eigenvalue weighted by atomic mass is 35.5. The van der Waals surface area contributed by atoms with E-state index in [0.29, 0.717) is 30.5 Å². The first kappa shape index (κ1) is 23.8. The van der Waals surface area contributed by atoms with E-state index >= 15 is 0 Å². The Labute approximate surface area is 190 Å². The van der Waals surface area contributed by atoms with Gasteiger partial charge in [0.25, 0.3) is 0 Å². The number of hydrogen-bond donors (Lipinski definition) is 1. The monoisotopic (exact) mass is 462 g/mol. The molecule has 0 bridgehead atoms. The van der Waals surface area contributed by atoms with Gasteiger partial charge in [-0.1, -0.05) is 55.8 Å². The minimum absolute atomic E-state index is 0.0772. The molecule has 1 aliphatic rings. The highest BCUT2D eigenvalue weighted by Gasteiger charge is 2.37. The first-order valence-electron chi connectivity index (χ1n) is 10.9. The third kappa shape index (κ3) is 6.09. The molecule has 1 aliphatic heterocycles. The van der Waals surface area contributed by atoms with Crippen LogP contribution in [-0.4, -0.2) is 37.8 Å². The van der Waals surface area contributed by atoms with Crippen molar-refractivity contribution in [3.63, 3.8) is 0 Å². The molecular formula is C24H31ClN2O3S. The van der Waals surface area contributed by atoms with Crippen LogP contribution in [0.2, 0.25) is 5.02 Å². The largest absolute Gasteiger partial charge is 0.355 e. The molecule has 0 radical (unpaired) electrons. The van der Waals surface area contributed by atoms with Crippen molar-refractivity contribution in [1.29, 1.82) is 0 Å². The second-order valence-corrected chi connectivity index (χ2v) is 10.8. The maximum atomic E-state index is 13.6. The van der Waals surface area contributed by atoms with Crippen molar-refractivity contribution >= 4 is 27.5 Å². The number of rotatable bonds is 8. The van der Waals surface area contributed by atoms with E-state index in [-0.39, 0.29) is 16.7 Å². The first-order chi connectivity index (χ1) is 14.8. The van der Waals surface area contributed by atoms with Crippen LogP contribution < -0.4 is 5.32 Å². The zero-order chi connectivity index (χ0) is 22.4. The van der Waals surface area contributed by atoms with Gasteiger partial charge in [-0.3, -0.25) is 4.79 Å². The van der Waals surface area contributed by atoms with Crippen LogP contribution in [0, 0.1) is 5.92 Å². The van der Waals surface area contributed by atoms with Gasteiger partial charge in [-0.05, 0) is 67.3 Å². The van der Waals surface area contributed by atoms with Gasteiger partial charge in [0.05, 0.1) is 4.90 Å².